The zero-order valence-electron chi connectivity index (χ0n) is 3.49. The highest BCUT2D eigenvalue weighted by atomic mass is 35.5. The number of allylic oxidation sites excluding steroid dienone is 1. The number of nitrogens with zero attached hydrogens (tertiary/aromatic N) is 1. The van der Waals surface area contributed by atoms with Gasteiger partial charge < -0.3 is 0 Å². The lowest BCUT2D eigenvalue weighted by molar-refractivity contribution is 1.34. The van der Waals surface area contributed by atoms with Crippen LogP contribution in [0.2, 0.25) is 0 Å². The molecule has 0 aromatic heterocycles. The fourth-order valence-electron chi connectivity index (χ4n) is 0.0700. The molecule has 1 atom stereocenters. The van der Waals surface area contributed by atoms with Gasteiger partial charge in [-0.05, 0) is 0 Å². The summed E-state index contributed by atoms with van der Waals surface area (Å²) in [6, 6.07) is 1.70. The molecule has 7 heavy (non-hydrogen) atoms. The van der Waals surface area contributed by atoms with Gasteiger partial charge in [-0.25, -0.2) is 0 Å². The molecule has 38 valence electrons. The Kier molecular flexibility index (Phi) is 2.82. The van der Waals surface area contributed by atoms with E-state index >= 15 is 0 Å². The lowest BCUT2D eigenvalue weighted by Gasteiger charge is -1.88. The molecule has 0 heterocycles. The average Bonchev–Trinajstić information content (AvgIpc) is 1.65. The summed E-state index contributed by atoms with van der Waals surface area (Å²) in [6.07, 6.45) is 0. The third-order valence-electron chi connectivity index (χ3n) is 0.388. The Morgan fingerprint density at radius 1 is 1.86 bits per heavy atom. The molecule has 0 aliphatic carbocycles. The van der Waals surface area contributed by atoms with E-state index < -0.39 is 5.38 Å². The Balaban J connectivity index is 3.63. The molecule has 3 heteroatoms. The van der Waals surface area contributed by atoms with Crippen LogP contribution in [0.25, 0.3) is 0 Å². The Morgan fingerprint density at radius 2 is 2.29 bits per heavy atom. The van der Waals surface area contributed by atoms with E-state index in [1.165, 1.54) is 0 Å². The predicted molar refractivity (Wildman–Crippen MR) is 30.2 cm³/mol. The van der Waals surface area contributed by atoms with Crippen LogP contribution in [0.4, 0.5) is 0 Å². The van der Waals surface area contributed by atoms with Crippen LogP contribution < -0.4 is 0 Å². The van der Waals surface area contributed by atoms with Gasteiger partial charge in [-0.1, -0.05) is 18.2 Å². The monoisotopic (exact) mass is 135 g/mol. The van der Waals surface area contributed by atoms with Crippen LogP contribution in [0, 0.1) is 11.3 Å². The largest absolute Gasteiger partial charge is 0.196 e. The van der Waals surface area contributed by atoms with Gasteiger partial charge in [-0.2, -0.15) is 5.26 Å². The SMILES string of the molecule is C=C(Cl)C(Cl)C#N. The first kappa shape index (κ1) is 6.81. The summed E-state index contributed by atoms with van der Waals surface area (Å²) >= 11 is 10.4. The van der Waals surface area contributed by atoms with E-state index in [9.17, 15) is 0 Å². The van der Waals surface area contributed by atoms with E-state index in [4.69, 9.17) is 28.5 Å². The summed E-state index contributed by atoms with van der Waals surface area (Å²) in [5.74, 6) is 0. The fourth-order valence-corrected chi connectivity index (χ4v) is 0.119. The number of halogens is 2. The maximum absolute atomic E-state index is 7.98. The minimum Gasteiger partial charge on any atom is -0.196 e. The molecule has 0 aromatic carbocycles. The second-order valence-corrected chi connectivity index (χ2v) is 1.86. The van der Waals surface area contributed by atoms with E-state index in [-0.39, 0.29) is 5.03 Å². The maximum Gasteiger partial charge on any atom is 0.155 e. The lowest BCUT2D eigenvalue weighted by Crippen LogP contribution is -1.89. The summed E-state index contributed by atoms with van der Waals surface area (Å²) in [6.45, 7) is 3.24. The van der Waals surface area contributed by atoms with Crippen LogP contribution >= 0.6 is 23.2 Å². The van der Waals surface area contributed by atoms with Crippen molar-refractivity contribution in [3.63, 3.8) is 0 Å². The van der Waals surface area contributed by atoms with Crippen molar-refractivity contribution in [1.29, 1.82) is 5.26 Å². The molecule has 0 N–H and O–H groups in total. The van der Waals surface area contributed by atoms with E-state index in [2.05, 4.69) is 6.58 Å². The second-order valence-electron chi connectivity index (χ2n) is 0.939. The molecule has 0 saturated carbocycles. The first-order valence-corrected chi connectivity index (χ1v) is 2.38. The van der Waals surface area contributed by atoms with Crippen LogP contribution in [0.1, 0.15) is 0 Å². The molecular weight excluding hydrogens is 133 g/mol. The quantitative estimate of drug-likeness (QED) is 0.504. The molecular formula is C4H3Cl2N. The van der Waals surface area contributed by atoms with Crippen LogP contribution in [0.3, 0.4) is 0 Å². The summed E-state index contributed by atoms with van der Waals surface area (Å²) in [5, 5.41) is 7.40. The van der Waals surface area contributed by atoms with Gasteiger partial charge in [-0.3, -0.25) is 0 Å². The maximum atomic E-state index is 7.98. The van der Waals surface area contributed by atoms with Gasteiger partial charge >= 0.3 is 0 Å². The Labute approximate surface area is 52.1 Å². The second kappa shape index (κ2) is 2.90. The fraction of sp³-hybridized carbons (Fsp3) is 0.250. The first-order valence-electron chi connectivity index (χ1n) is 1.56. The molecule has 1 nitrogen and oxygen atoms in total. The smallest absolute Gasteiger partial charge is 0.155 e. The summed E-state index contributed by atoms with van der Waals surface area (Å²) in [4.78, 5) is 0. The first-order chi connectivity index (χ1) is 3.18. The lowest BCUT2D eigenvalue weighted by atomic mass is 10.5. The van der Waals surface area contributed by atoms with Gasteiger partial charge in [0, 0.05) is 5.03 Å². The van der Waals surface area contributed by atoms with Gasteiger partial charge in [0.25, 0.3) is 0 Å². The molecule has 0 aromatic rings. The molecule has 0 fully saturated rings. The highest BCUT2D eigenvalue weighted by molar-refractivity contribution is 6.38. The number of hydrogen-bond acceptors (Lipinski definition) is 1. The van der Waals surface area contributed by atoms with Crippen LogP contribution in [0.5, 0.6) is 0 Å². The third kappa shape index (κ3) is 2.50. The molecule has 0 rings (SSSR count). The van der Waals surface area contributed by atoms with Crippen LogP contribution in [-0.2, 0) is 0 Å². The normalized spacial score (nSPS) is 12.1. The third-order valence-corrected chi connectivity index (χ3v) is 1.08. The summed E-state index contributed by atoms with van der Waals surface area (Å²) < 4.78 is 0. The highest BCUT2D eigenvalue weighted by Crippen LogP contribution is 2.09. The minimum absolute atomic E-state index is 0.171. The predicted octanol–water partition coefficient (Wildman–Crippen LogP) is 1.87. The minimum atomic E-state index is -0.748. The van der Waals surface area contributed by atoms with E-state index in [0.29, 0.717) is 0 Å². The molecule has 0 radical (unpaired) electrons. The highest BCUT2D eigenvalue weighted by Gasteiger charge is 2.01. The Bertz CT molecular complexity index is 113. The van der Waals surface area contributed by atoms with Crippen molar-refractivity contribution in [3.05, 3.63) is 11.6 Å². The zero-order valence-corrected chi connectivity index (χ0v) is 5.00. The van der Waals surface area contributed by atoms with Gasteiger partial charge in [0.15, 0.2) is 5.38 Å². The van der Waals surface area contributed by atoms with Crippen molar-refractivity contribution < 1.29 is 0 Å². The Hall–Kier alpha value is -0.190. The number of alkyl halides is 1. The van der Waals surface area contributed by atoms with Crippen molar-refractivity contribution in [1.82, 2.24) is 0 Å². The standard InChI is InChI=1S/C4H3Cl2N/c1-3(5)4(6)2-7/h4H,1H2. The molecule has 1 unspecified atom stereocenters. The molecule has 0 spiro atoms. The number of hydrogen-bond donors (Lipinski definition) is 0. The van der Waals surface area contributed by atoms with E-state index in [0.717, 1.165) is 0 Å². The van der Waals surface area contributed by atoms with Crippen LogP contribution in [-0.4, -0.2) is 5.38 Å². The van der Waals surface area contributed by atoms with E-state index in [1.54, 1.807) is 6.07 Å². The molecule has 0 aliphatic rings. The van der Waals surface area contributed by atoms with Crippen molar-refractivity contribution in [2.45, 2.75) is 5.38 Å². The zero-order chi connectivity index (χ0) is 5.86. The number of nitriles is 1. The van der Waals surface area contributed by atoms with Gasteiger partial charge in [0.1, 0.15) is 0 Å². The molecule has 0 amide bonds. The summed E-state index contributed by atoms with van der Waals surface area (Å²) in [5.41, 5.74) is 0. The van der Waals surface area contributed by atoms with Gasteiger partial charge in [-0.15, -0.1) is 11.6 Å². The molecule has 0 saturated heterocycles. The van der Waals surface area contributed by atoms with Gasteiger partial charge in [0.05, 0.1) is 6.07 Å². The Morgan fingerprint density at radius 3 is 2.29 bits per heavy atom. The number of rotatable bonds is 1. The van der Waals surface area contributed by atoms with Crippen molar-refractivity contribution in [2.24, 2.45) is 0 Å². The van der Waals surface area contributed by atoms with Crippen LogP contribution in [0.15, 0.2) is 11.6 Å². The molecule has 0 bridgehead atoms. The van der Waals surface area contributed by atoms with Gasteiger partial charge in [0.2, 0.25) is 0 Å². The topological polar surface area (TPSA) is 23.8 Å². The average molecular weight is 136 g/mol. The van der Waals surface area contributed by atoms with Crippen molar-refractivity contribution in [3.8, 4) is 6.07 Å². The van der Waals surface area contributed by atoms with Crippen molar-refractivity contribution >= 4 is 23.2 Å². The summed E-state index contributed by atoms with van der Waals surface area (Å²) in [7, 11) is 0. The van der Waals surface area contributed by atoms with Crippen molar-refractivity contribution in [2.75, 3.05) is 0 Å². The molecule has 0 aliphatic heterocycles. The van der Waals surface area contributed by atoms with E-state index in [1.807, 2.05) is 0 Å².